The highest BCUT2D eigenvalue weighted by atomic mass is 16.6. The van der Waals surface area contributed by atoms with E-state index in [2.05, 4.69) is 0 Å². The second-order valence-corrected chi connectivity index (χ2v) is 3.70. The van der Waals surface area contributed by atoms with E-state index in [4.69, 9.17) is 9.94 Å². The maximum Gasteiger partial charge on any atom is 0.245 e. The third-order valence-electron chi connectivity index (χ3n) is 2.44. The van der Waals surface area contributed by atoms with Crippen LogP contribution in [-0.2, 0) is 4.79 Å². The lowest BCUT2D eigenvalue weighted by Crippen LogP contribution is -2.28. The quantitative estimate of drug-likeness (QED) is 0.501. The fourth-order valence-electron chi connectivity index (χ4n) is 1.48. The van der Waals surface area contributed by atoms with Crippen LogP contribution in [0.4, 0.5) is 0 Å². The van der Waals surface area contributed by atoms with Gasteiger partial charge < -0.3 is 4.74 Å². The lowest BCUT2D eigenvalue weighted by Gasteiger charge is -2.13. The molecule has 0 unspecified atom stereocenters. The first-order valence-corrected chi connectivity index (χ1v) is 5.25. The lowest BCUT2D eigenvalue weighted by atomic mass is 10.1. The first-order chi connectivity index (χ1) is 8.16. The normalized spacial score (nSPS) is 10.2. The van der Waals surface area contributed by atoms with Crippen LogP contribution in [0.5, 0.6) is 5.75 Å². The van der Waals surface area contributed by atoms with Gasteiger partial charge >= 0.3 is 0 Å². The number of rotatable bonds is 3. The Morgan fingerprint density at radius 2 is 1.94 bits per heavy atom. The van der Waals surface area contributed by atoms with Gasteiger partial charge in [-0.05, 0) is 22.9 Å². The summed E-state index contributed by atoms with van der Waals surface area (Å²) >= 11 is 0. The number of fused-ring (bicyclic) bond motifs is 1. The number of carbonyl (C=O) groups excluding carboxylic acids is 1. The van der Waals surface area contributed by atoms with E-state index >= 15 is 0 Å². The van der Waals surface area contributed by atoms with Crippen LogP contribution < -0.4 is 4.74 Å². The van der Waals surface area contributed by atoms with Crippen molar-refractivity contribution in [1.82, 2.24) is 5.06 Å². The minimum Gasteiger partial charge on any atom is -0.471 e. The van der Waals surface area contributed by atoms with Gasteiger partial charge in [-0.3, -0.25) is 10.0 Å². The SMILES string of the molecule is CC(=O)N(O)COc1ccc2ccccc2c1. The van der Waals surface area contributed by atoms with Crippen LogP contribution in [0.15, 0.2) is 42.5 Å². The maximum atomic E-state index is 10.8. The predicted molar refractivity (Wildman–Crippen MR) is 63.7 cm³/mol. The summed E-state index contributed by atoms with van der Waals surface area (Å²) in [5.41, 5.74) is 0. The van der Waals surface area contributed by atoms with Crippen molar-refractivity contribution >= 4 is 16.7 Å². The summed E-state index contributed by atoms with van der Waals surface area (Å²) < 4.78 is 5.29. The van der Waals surface area contributed by atoms with Crippen LogP contribution in [0.1, 0.15) is 6.92 Å². The molecule has 1 amide bonds. The minimum atomic E-state index is -0.453. The monoisotopic (exact) mass is 231 g/mol. The van der Waals surface area contributed by atoms with Crippen molar-refractivity contribution in [2.75, 3.05) is 6.73 Å². The van der Waals surface area contributed by atoms with Gasteiger partial charge in [0.2, 0.25) is 5.91 Å². The molecule has 4 heteroatoms. The van der Waals surface area contributed by atoms with Gasteiger partial charge in [0.25, 0.3) is 0 Å². The van der Waals surface area contributed by atoms with E-state index < -0.39 is 5.91 Å². The molecule has 0 heterocycles. The molecule has 0 aliphatic rings. The molecule has 2 aromatic rings. The van der Waals surface area contributed by atoms with Gasteiger partial charge in [0.1, 0.15) is 5.75 Å². The first-order valence-electron chi connectivity index (χ1n) is 5.25. The Hall–Kier alpha value is -2.07. The van der Waals surface area contributed by atoms with Crippen molar-refractivity contribution in [2.24, 2.45) is 0 Å². The molecule has 0 aliphatic carbocycles. The topological polar surface area (TPSA) is 49.8 Å². The molecule has 0 saturated heterocycles. The van der Waals surface area contributed by atoms with Crippen molar-refractivity contribution < 1.29 is 14.7 Å². The van der Waals surface area contributed by atoms with Gasteiger partial charge in [-0.25, -0.2) is 0 Å². The highest BCUT2D eigenvalue weighted by Crippen LogP contribution is 2.20. The Labute approximate surface area is 99.0 Å². The summed E-state index contributed by atoms with van der Waals surface area (Å²) in [6, 6.07) is 13.5. The zero-order chi connectivity index (χ0) is 12.3. The Kier molecular flexibility index (Phi) is 3.25. The maximum absolute atomic E-state index is 10.8. The number of ether oxygens (including phenoxy) is 1. The van der Waals surface area contributed by atoms with Crippen LogP contribution in [0.2, 0.25) is 0 Å². The molecule has 88 valence electrons. The van der Waals surface area contributed by atoms with E-state index in [0.717, 1.165) is 10.8 Å². The third kappa shape index (κ3) is 2.73. The van der Waals surface area contributed by atoms with Gasteiger partial charge in [0.15, 0.2) is 6.73 Å². The molecule has 0 aliphatic heterocycles. The first kappa shape index (κ1) is 11.4. The van der Waals surface area contributed by atoms with E-state index in [0.29, 0.717) is 10.8 Å². The highest BCUT2D eigenvalue weighted by molar-refractivity contribution is 5.83. The molecule has 0 saturated carbocycles. The van der Waals surface area contributed by atoms with Crippen molar-refractivity contribution in [2.45, 2.75) is 6.92 Å². The average Bonchev–Trinajstić information content (AvgIpc) is 2.35. The fraction of sp³-hybridized carbons (Fsp3) is 0.154. The largest absolute Gasteiger partial charge is 0.471 e. The van der Waals surface area contributed by atoms with Crippen molar-refractivity contribution in [3.63, 3.8) is 0 Å². The molecule has 4 nitrogen and oxygen atoms in total. The Bertz CT molecular complexity index is 539. The average molecular weight is 231 g/mol. The van der Waals surface area contributed by atoms with Gasteiger partial charge in [0, 0.05) is 6.92 Å². The van der Waals surface area contributed by atoms with E-state index in [-0.39, 0.29) is 6.73 Å². The Morgan fingerprint density at radius 1 is 1.24 bits per heavy atom. The molecular weight excluding hydrogens is 218 g/mol. The number of benzene rings is 2. The molecule has 2 aromatic carbocycles. The van der Waals surface area contributed by atoms with Crippen LogP contribution in [-0.4, -0.2) is 22.9 Å². The van der Waals surface area contributed by atoms with E-state index in [1.807, 2.05) is 36.4 Å². The zero-order valence-corrected chi connectivity index (χ0v) is 9.46. The van der Waals surface area contributed by atoms with Crippen LogP contribution in [0.3, 0.4) is 0 Å². The zero-order valence-electron chi connectivity index (χ0n) is 9.46. The van der Waals surface area contributed by atoms with E-state index in [1.165, 1.54) is 6.92 Å². The standard InChI is InChI=1S/C13H13NO3/c1-10(15)14(16)9-17-13-7-6-11-4-2-3-5-12(11)8-13/h2-8,16H,9H2,1H3. The summed E-state index contributed by atoms with van der Waals surface area (Å²) in [5.74, 6) is 0.162. The number of amides is 1. The van der Waals surface area contributed by atoms with Crippen molar-refractivity contribution in [3.8, 4) is 5.75 Å². The van der Waals surface area contributed by atoms with Crippen molar-refractivity contribution in [3.05, 3.63) is 42.5 Å². The number of carbonyl (C=O) groups is 1. The molecular formula is C13H13NO3. The summed E-state index contributed by atoms with van der Waals surface area (Å²) in [4.78, 5) is 10.8. The minimum absolute atomic E-state index is 0.173. The molecule has 17 heavy (non-hydrogen) atoms. The van der Waals surface area contributed by atoms with Gasteiger partial charge in [-0.2, -0.15) is 5.06 Å². The molecule has 0 fully saturated rings. The van der Waals surface area contributed by atoms with E-state index in [9.17, 15) is 4.79 Å². The summed E-state index contributed by atoms with van der Waals surface area (Å²) in [5, 5.41) is 11.9. The molecule has 0 bridgehead atoms. The number of hydrogen-bond donors (Lipinski definition) is 1. The number of nitrogens with zero attached hydrogens (tertiary/aromatic N) is 1. The van der Waals surface area contributed by atoms with Crippen LogP contribution in [0.25, 0.3) is 10.8 Å². The van der Waals surface area contributed by atoms with Crippen LogP contribution in [0, 0.1) is 0 Å². The lowest BCUT2D eigenvalue weighted by molar-refractivity contribution is -0.174. The second-order valence-electron chi connectivity index (χ2n) is 3.70. The number of hydrogen-bond acceptors (Lipinski definition) is 3. The summed E-state index contributed by atoms with van der Waals surface area (Å²) in [6.07, 6.45) is 0. The van der Waals surface area contributed by atoms with Gasteiger partial charge in [-0.15, -0.1) is 0 Å². The predicted octanol–water partition coefficient (Wildman–Crippen LogP) is 2.41. The van der Waals surface area contributed by atoms with Gasteiger partial charge in [-0.1, -0.05) is 30.3 Å². The molecule has 0 aromatic heterocycles. The highest BCUT2D eigenvalue weighted by Gasteiger charge is 2.04. The molecule has 0 spiro atoms. The molecule has 1 N–H and O–H groups in total. The fourth-order valence-corrected chi connectivity index (χ4v) is 1.48. The molecule has 0 atom stereocenters. The Balaban J connectivity index is 2.12. The summed E-state index contributed by atoms with van der Waals surface area (Å²) in [7, 11) is 0. The summed E-state index contributed by atoms with van der Waals surface area (Å²) in [6.45, 7) is 1.09. The smallest absolute Gasteiger partial charge is 0.245 e. The Morgan fingerprint density at radius 3 is 2.65 bits per heavy atom. The van der Waals surface area contributed by atoms with Crippen LogP contribution >= 0.6 is 0 Å². The van der Waals surface area contributed by atoms with Crippen molar-refractivity contribution in [1.29, 1.82) is 0 Å². The van der Waals surface area contributed by atoms with E-state index in [1.54, 1.807) is 6.07 Å². The third-order valence-corrected chi connectivity index (χ3v) is 2.44. The molecule has 0 radical (unpaired) electrons. The molecule has 2 rings (SSSR count). The van der Waals surface area contributed by atoms with Gasteiger partial charge in [0.05, 0.1) is 0 Å². The number of hydroxylamine groups is 2. The second kappa shape index (κ2) is 4.84.